The summed E-state index contributed by atoms with van der Waals surface area (Å²) in [5, 5.41) is 0. The third-order valence-electron chi connectivity index (χ3n) is 3.80. The van der Waals surface area contributed by atoms with Crippen LogP contribution in [0.4, 0.5) is 5.69 Å². The van der Waals surface area contributed by atoms with Gasteiger partial charge in [0.1, 0.15) is 0 Å². The van der Waals surface area contributed by atoms with Crippen molar-refractivity contribution < 1.29 is 8.42 Å². The molecule has 1 aromatic rings. The first kappa shape index (κ1) is 16.3. The minimum Gasteiger partial charge on any atom is -0.330 e. The molecule has 1 saturated heterocycles. The Kier molecular flexibility index (Phi) is 5.61. The lowest BCUT2D eigenvalue weighted by Gasteiger charge is -2.30. The SMILES string of the molecule is CC1CCCN(S(=O)(=O)Nc2cccc(CCCN)c2)C1. The van der Waals surface area contributed by atoms with Gasteiger partial charge in [0.25, 0.3) is 0 Å². The van der Waals surface area contributed by atoms with Crippen LogP contribution in [0, 0.1) is 5.92 Å². The van der Waals surface area contributed by atoms with E-state index in [-0.39, 0.29) is 0 Å². The molecule has 0 aliphatic carbocycles. The van der Waals surface area contributed by atoms with E-state index in [1.54, 1.807) is 10.4 Å². The summed E-state index contributed by atoms with van der Waals surface area (Å²) in [5.74, 6) is 0.422. The largest absolute Gasteiger partial charge is 0.330 e. The third-order valence-corrected chi connectivity index (χ3v) is 5.31. The van der Waals surface area contributed by atoms with Crippen LogP contribution < -0.4 is 10.5 Å². The van der Waals surface area contributed by atoms with Gasteiger partial charge in [0, 0.05) is 13.1 Å². The first-order valence-electron chi connectivity index (χ1n) is 7.58. The number of nitrogens with zero attached hydrogens (tertiary/aromatic N) is 1. The van der Waals surface area contributed by atoms with Crippen LogP contribution in [0.1, 0.15) is 31.7 Å². The van der Waals surface area contributed by atoms with E-state index >= 15 is 0 Å². The summed E-state index contributed by atoms with van der Waals surface area (Å²) in [6.45, 7) is 3.94. The lowest BCUT2D eigenvalue weighted by Crippen LogP contribution is -2.42. The molecule has 5 nitrogen and oxygen atoms in total. The lowest BCUT2D eigenvalue weighted by molar-refractivity contribution is 0.282. The van der Waals surface area contributed by atoms with Gasteiger partial charge in [0.05, 0.1) is 5.69 Å². The van der Waals surface area contributed by atoms with Crippen molar-refractivity contribution in [1.29, 1.82) is 0 Å². The Morgan fingerprint density at radius 1 is 1.43 bits per heavy atom. The molecule has 0 radical (unpaired) electrons. The molecule has 1 atom stereocenters. The maximum absolute atomic E-state index is 12.4. The average molecular weight is 311 g/mol. The molecule has 0 bridgehead atoms. The van der Waals surface area contributed by atoms with E-state index < -0.39 is 10.2 Å². The molecule has 1 aliphatic rings. The Balaban J connectivity index is 2.05. The molecular formula is C15H25N3O2S. The van der Waals surface area contributed by atoms with Crippen molar-refractivity contribution in [3.8, 4) is 0 Å². The maximum Gasteiger partial charge on any atom is 0.301 e. The highest BCUT2D eigenvalue weighted by Gasteiger charge is 2.26. The number of hydrogen-bond donors (Lipinski definition) is 2. The zero-order chi connectivity index (χ0) is 15.3. The van der Waals surface area contributed by atoms with E-state index in [4.69, 9.17) is 5.73 Å². The predicted molar refractivity (Wildman–Crippen MR) is 86.3 cm³/mol. The van der Waals surface area contributed by atoms with Crippen LogP contribution in [0.2, 0.25) is 0 Å². The molecule has 0 saturated carbocycles. The number of anilines is 1. The average Bonchev–Trinajstić information content (AvgIpc) is 2.45. The number of benzene rings is 1. The number of nitrogens with one attached hydrogen (secondary N) is 1. The zero-order valence-corrected chi connectivity index (χ0v) is 13.4. The van der Waals surface area contributed by atoms with Gasteiger partial charge in [0.15, 0.2) is 0 Å². The van der Waals surface area contributed by atoms with E-state index in [0.717, 1.165) is 31.2 Å². The fourth-order valence-electron chi connectivity index (χ4n) is 2.67. The fraction of sp³-hybridized carbons (Fsp3) is 0.600. The number of nitrogens with two attached hydrogens (primary N) is 1. The molecule has 118 valence electrons. The smallest absolute Gasteiger partial charge is 0.301 e. The Labute approximate surface area is 127 Å². The van der Waals surface area contributed by atoms with Gasteiger partial charge >= 0.3 is 10.2 Å². The standard InChI is InChI=1S/C15H25N3O2S/c1-13-5-4-10-18(12-13)21(19,20)17-15-8-2-6-14(11-15)7-3-9-16/h2,6,8,11,13,17H,3-5,7,9-10,12,16H2,1H3. The van der Waals surface area contributed by atoms with Gasteiger partial charge in [-0.2, -0.15) is 12.7 Å². The Morgan fingerprint density at radius 2 is 2.24 bits per heavy atom. The maximum atomic E-state index is 12.4. The van der Waals surface area contributed by atoms with Crippen molar-refractivity contribution in [2.24, 2.45) is 11.7 Å². The highest BCUT2D eigenvalue weighted by molar-refractivity contribution is 7.90. The summed E-state index contributed by atoms with van der Waals surface area (Å²) in [5.41, 5.74) is 7.24. The first-order valence-corrected chi connectivity index (χ1v) is 9.02. The second-order valence-corrected chi connectivity index (χ2v) is 7.48. The summed E-state index contributed by atoms with van der Waals surface area (Å²) >= 11 is 0. The molecule has 21 heavy (non-hydrogen) atoms. The summed E-state index contributed by atoms with van der Waals surface area (Å²) in [7, 11) is -3.45. The van der Waals surface area contributed by atoms with Gasteiger partial charge in [-0.3, -0.25) is 4.72 Å². The van der Waals surface area contributed by atoms with Crippen molar-refractivity contribution in [2.45, 2.75) is 32.6 Å². The van der Waals surface area contributed by atoms with Crippen LogP contribution in [0.5, 0.6) is 0 Å². The van der Waals surface area contributed by atoms with Gasteiger partial charge < -0.3 is 5.73 Å². The van der Waals surface area contributed by atoms with Crippen LogP contribution in [0.3, 0.4) is 0 Å². The molecule has 0 amide bonds. The van der Waals surface area contributed by atoms with E-state index in [2.05, 4.69) is 11.6 Å². The van der Waals surface area contributed by atoms with Crippen LogP contribution in [-0.2, 0) is 16.6 Å². The first-order chi connectivity index (χ1) is 10.0. The summed E-state index contributed by atoms with van der Waals surface area (Å²) < 4.78 is 29.1. The molecule has 2 rings (SSSR count). The number of hydrogen-bond acceptors (Lipinski definition) is 3. The number of aryl methyl sites for hydroxylation is 1. The van der Waals surface area contributed by atoms with E-state index in [1.165, 1.54) is 0 Å². The molecule has 1 fully saturated rings. The topological polar surface area (TPSA) is 75.4 Å². The second-order valence-electron chi connectivity index (χ2n) is 5.81. The van der Waals surface area contributed by atoms with E-state index in [0.29, 0.717) is 31.2 Å². The highest BCUT2D eigenvalue weighted by atomic mass is 32.2. The van der Waals surface area contributed by atoms with Crippen molar-refractivity contribution in [3.05, 3.63) is 29.8 Å². The van der Waals surface area contributed by atoms with Crippen LogP contribution in [-0.4, -0.2) is 32.4 Å². The van der Waals surface area contributed by atoms with Crippen molar-refractivity contribution >= 4 is 15.9 Å². The molecule has 3 N–H and O–H groups in total. The van der Waals surface area contributed by atoms with E-state index in [9.17, 15) is 8.42 Å². The highest BCUT2D eigenvalue weighted by Crippen LogP contribution is 2.21. The van der Waals surface area contributed by atoms with Crippen molar-refractivity contribution in [3.63, 3.8) is 0 Å². The zero-order valence-electron chi connectivity index (χ0n) is 12.6. The van der Waals surface area contributed by atoms with Crippen LogP contribution >= 0.6 is 0 Å². The van der Waals surface area contributed by atoms with E-state index in [1.807, 2.05) is 18.2 Å². The van der Waals surface area contributed by atoms with Crippen LogP contribution in [0.25, 0.3) is 0 Å². The predicted octanol–water partition coefficient (Wildman–Crippen LogP) is 1.97. The Hall–Kier alpha value is -1.11. The molecule has 6 heteroatoms. The minimum absolute atomic E-state index is 0.422. The van der Waals surface area contributed by atoms with Gasteiger partial charge in [0.2, 0.25) is 0 Å². The summed E-state index contributed by atoms with van der Waals surface area (Å²) in [6, 6.07) is 7.55. The van der Waals surface area contributed by atoms with Gasteiger partial charge in [-0.25, -0.2) is 0 Å². The van der Waals surface area contributed by atoms with Gasteiger partial charge in [-0.15, -0.1) is 0 Å². The molecule has 0 aromatic heterocycles. The molecule has 0 spiro atoms. The molecule has 1 unspecified atom stereocenters. The summed E-state index contributed by atoms with van der Waals surface area (Å²) in [6.07, 6.45) is 3.80. The lowest BCUT2D eigenvalue weighted by atomic mass is 10.0. The quantitative estimate of drug-likeness (QED) is 0.843. The Morgan fingerprint density at radius 3 is 2.95 bits per heavy atom. The monoisotopic (exact) mass is 311 g/mol. The molecule has 1 aliphatic heterocycles. The Bertz CT molecular complexity index is 560. The van der Waals surface area contributed by atoms with Crippen LogP contribution in [0.15, 0.2) is 24.3 Å². The van der Waals surface area contributed by atoms with Gasteiger partial charge in [-0.05, 0) is 55.8 Å². The summed E-state index contributed by atoms with van der Waals surface area (Å²) in [4.78, 5) is 0. The number of rotatable bonds is 6. The third kappa shape index (κ3) is 4.69. The number of piperidine rings is 1. The molecule has 1 aromatic carbocycles. The second kappa shape index (κ2) is 7.24. The normalized spacial score (nSPS) is 20.4. The molecule has 1 heterocycles. The fourth-order valence-corrected chi connectivity index (χ4v) is 4.05. The molecular weight excluding hydrogens is 286 g/mol. The van der Waals surface area contributed by atoms with Gasteiger partial charge in [-0.1, -0.05) is 19.1 Å². The van der Waals surface area contributed by atoms with Crippen molar-refractivity contribution in [1.82, 2.24) is 4.31 Å². The van der Waals surface area contributed by atoms with Crippen molar-refractivity contribution in [2.75, 3.05) is 24.4 Å². The minimum atomic E-state index is -3.45.